The molecule has 0 bridgehead atoms. The quantitative estimate of drug-likeness (QED) is 0.832. The minimum Gasteiger partial charge on any atom is -0.376 e. The minimum atomic E-state index is 0.0959. The number of nitrogens with zero attached hydrogens (tertiary/aromatic N) is 4. The van der Waals surface area contributed by atoms with Crippen LogP contribution in [0.15, 0.2) is 0 Å². The van der Waals surface area contributed by atoms with Crippen LogP contribution < -0.4 is 4.90 Å². The normalized spacial score (nSPS) is 20.1. The summed E-state index contributed by atoms with van der Waals surface area (Å²) in [5, 5.41) is 7.63. The number of halogens is 2. The third-order valence-corrected chi connectivity index (χ3v) is 2.87. The zero-order valence-electron chi connectivity index (χ0n) is 8.86. The summed E-state index contributed by atoms with van der Waals surface area (Å²) in [5.74, 6) is 0.539. The summed E-state index contributed by atoms with van der Waals surface area (Å²) < 4.78 is 5.53. The Morgan fingerprint density at radius 1 is 1.44 bits per heavy atom. The number of hydrogen-bond donors (Lipinski definition) is 0. The Labute approximate surface area is 104 Å². The molecule has 0 spiro atoms. The van der Waals surface area contributed by atoms with Crippen molar-refractivity contribution in [3.05, 3.63) is 10.4 Å². The molecule has 1 aromatic rings. The van der Waals surface area contributed by atoms with Gasteiger partial charge in [0.05, 0.1) is 6.10 Å². The van der Waals surface area contributed by atoms with Gasteiger partial charge in [-0.2, -0.15) is 4.98 Å². The maximum Gasteiger partial charge on any atom is 0.245 e. The fraction of sp³-hybridized carbons (Fsp3) is 0.667. The van der Waals surface area contributed by atoms with E-state index in [1.807, 2.05) is 11.9 Å². The summed E-state index contributed by atoms with van der Waals surface area (Å²) in [6, 6.07) is 0. The van der Waals surface area contributed by atoms with Crippen LogP contribution in [0.2, 0.25) is 10.4 Å². The van der Waals surface area contributed by atoms with E-state index < -0.39 is 0 Å². The van der Waals surface area contributed by atoms with Crippen LogP contribution in [-0.4, -0.2) is 41.5 Å². The molecule has 2 rings (SSSR count). The van der Waals surface area contributed by atoms with Crippen LogP contribution in [0.25, 0.3) is 0 Å². The third kappa shape index (κ3) is 2.72. The highest BCUT2D eigenvalue weighted by Crippen LogP contribution is 2.22. The number of aromatic nitrogens is 3. The van der Waals surface area contributed by atoms with Crippen molar-refractivity contribution < 1.29 is 4.74 Å². The second kappa shape index (κ2) is 5.12. The topological polar surface area (TPSA) is 51.1 Å². The summed E-state index contributed by atoms with van der Waals surface area (Å²) in [6.07, 6.45) is 2.40. The summed E-state index contributed by atoms with van der Waals surface area (Å²) in [5.41, 5.74) is 0. The van der Waals surface area contributed by atoms with E-state index in [0.29, 0.717) is 5.82 Å². The Bertz CT molecular complexity index is 371. The van der Waals surface area contributed by atoms with Gasteiger partial charge in [-0.1, -0.05) is 11.6 Å². The molecule has 1 atom stereocenters. The number of anilines is 1. The van der Waals surface area contributed by atoms with Crippen molar-refractivity contribution in [2.75, 3.05) is 25.1 Å². The number of rotatable bonds is 3. The van der Waals surface area contributed by atoms with Gasteiger partial charge < -0.3 is 9.64 Å². The van der Waals surface area contributed by atoms with Gasteiger partial charge in [0.25, 0.3) is 0 Å². The Hall–Kier alpha value is -0.650. The molecule has 7 heteroatoms. The molecule has 0 amide bonds. The SMILES string of the molecule is CN(CC1CCCO1)c1nc(Cl)nnc1Cl. The zero-order valence-corrected chi connectivity index (χ0v) is 10.4. The molecule has 5 nitrogen and oxygen atoms in total. The van der Waals surface area contributed by atoms with Gasteiger partial charge >= 0.3 is 0 Å². The first-order valence-corrected chi connectivity index (χ1v) is 5.81. The first-order valence-electron chi connectivity index (χ1n) is 5.05. The average molecular weight is 263 g/mol. The number of likely N-dealkylation sites (N-methyl/N-ethyl adjacent to an activating group) is 1. The third-order valence-electron chi connectivity index (χ3n) is 2.47. The Balaban J connectivity index is 2.07. The lowest BCUT2D eigenvalue weighted by molar-refractivity contribution is 0.116. The summed E-state index contributed by atoms with van der Waals surface area (Å²) in [6.45, 7) is 1.56. The van der Waals surface area contributed by atoms with E-state index in [0.717, 1.165) is 26.0 Å². The second-order valence-corrected chi connectivity index (χ2v) is 4.41. The van der Waals surface area contributed by atoms with Crippen molar-refractivity contribution in [3.63, 3.8) is 0 Å². The van der Waals surface area contributed by atoms with Gasteiger partial charge in [-0.15, -0.1) is 10.2 Å². The van der Waals surface area contributed by atoms with Crippen molar-refractivity contribution in [1.82, 2.24) is 15.2 Å². The molecular weight excluding hydrogens is 251 g/mol. The summed E-state index contributed by atoms with van der Waals surface area (Å²) in [4.78, 5) is 5.93. The predicted octanol–water partition coefficient (Wildman–Crippen LogP) is 1.79. The Morgan fingerprint density at radius 3 is 2.94 bits per heavy atom. The van der Waals surface area contributed by atoms with Crippen molar-refractivity contribution in [2.45, 2.75) is 18.9 Å². The molecule has 0 saturated carbocycles. The van der Waals surface area contributed by atoms with Crippen LogP contribution in [0, 0.1) is 0 Å². The van der Waals surface area contributed by atoms with Gasteiger partial charge in [0, 0.05) is 20.2 Å². The number of ether oxygens (including phenoxy) is 1. The van der Waals surface area contributed by atoms with E-state index >= 15 is 0 Å². The average Bonchev–Trinajstić information content (AvgIpc) is 2.74. The van der Waals surface area contributed by atoms with Crippen LogP contribution in [0.3, 0.4) is 0 Å². The molecule has 1 aliphatic heterocycles. The van der Waals surface area contributed by atoms with Gasteiger partial charge in [0.1, 0.15) is 0 Å². The van der Waals surface area contributed by atoms with Gasteiger partial charge in [-0.05, 0) is 24.4 Å². The fourth-order valence-electron chi connectivity index (χ4n) is 1.71. The highest BCUT2D eigenvalue weighted by Gasteiger charge is 2.20. The molecule has 1 aliphatic rings. The van der Waals surface area contributed by atoms with E-state index in [4.69, 9.17) is 27.9 Å². The van der Waals surface area contributed by atoms with E-state index in [-0.39, 0.29) is 16.5 Å². The molecular formula is C9H12Cl2N4O. The van der Waals surface area contributed by atoms with E-state index in [2.05, 4.69) is 15.2 Å². The second-order valence-electron chi connectivity index (χ2n) is 3.71. The predicted molar refractivity (Wildman–Crippen MR) is 62.1 cm³/mol. The first kappa shape index (κ1) is 11.8. The molecule has 0 aromatic carbocycles. The van der Waals surface area contributed by atoms with Gasteiger partial charge in [-0.25, -0.2) is 0 Å². The molecule has 1 aromatic heterocycles. The Morgan fingerprint density at radius 2 is 2.25 bits per heavy atom. The summed E-state index contributed by atoms with van der Waals surface area (Å²) in [7, 11) is 1.88. The standard InChI is InChI=1S/C9H12Cl2N4O/c1-15(5-6-3-2-4-16-6)8-7(10)13-14-9(11)12-8/h6H,2-5H2,1H3. The Kier molecular flexibility index (Phi) is 3.78. The molecule has 0 N–H and O–H groups in total. The van der Waals surface area contributed by atoms with Gasteiger partial charge in [0.15, 0.2) is 11.0 Å². The zero-order chi connectivity index (χ0) is 11.5. The van der Waals surface area contributed by atoms with Crippen molar-refractivity contribution in [2.24, 2.45) is 0 Å². The lowest BCUT2D eigenvalue weighted by atomic mass is 10.2. The van der Waals surface area contributed by atoms with Crippen LogP contribution >= 0.6 is 23.2 Å². The van der Waals surface area contributed by atoms with Gasteiger partial charge in [0.2, 0.25) is 5.28 Å². The highest BCUT2D eigenvalue weighted by atomic mass is 35.5. The van der Waals surface area contributed by atoms with Crippen molar-refractivity contribution in [3.8, 4) is 0 Å². The lowest BCUT2D eigenvalue weighted by Crippen LogP contribution is -2.29. The monoisotopic (exact) mass is 262 g/mol. The lowest BCUT2D eigenvalue weighted by Gasteiger charge is -2.21. The van der Waals surface area contributed by atoms with Crippen molar-refractivity contribution >= 4 is 29.0 Å². The maximum atomic E-state index is 5.90. The smallest absolute Gasteiger partial charge is 0.245 e. The fourth-order valence-corrected chi connectivity index (χ4v) is 2.05. The van der Waals surface area contributed by atoms with Gasteiger partial charge in [-0.3, -0.25) is 0 Å². The molecule has 88 valence electrons. The minimum absolute atomic E-state index is 0.0959. The number of hydrogen-bond acceptors (Lipinski definition) is 5. The summed E-state index contributed by atoms with van der Waals surface area (Å²) >= 11 is 11.6. The van der Waals surface area contributed by atoms with Crippen LogP contribution in [0.4, 0.5) is 5.82 Å². The molecule has 1 fully saturated rings. The van der Waals surface area contributed by atoms with Crippen LogP contribution in [-0.2, 0) is 4.74 Å². The molecule has 2 heterocycles. The van der Waals surface area contributed by atoms with Crippen LogP contribution in [0.5, 0.6) is 0 Å². The molecule has 0 radical (unpaired) electrons. The molecule has 0 aliphatic carbocycles. The van der Waals surface area contributed by atoms with E-state index in [1.54, 1.807) is 0 Å². The molecule has 1 unspecified atom stereocenters. The highest BCUT2D eigenvalue weighted by molar-refractivity contribution is 6.32. The molecule has 1 saturated heterocycles. The van der Waals surface area contributed by atoms with Crippen LogP contribution in [0.1, 0.15) is 12.8 Å². The van der Waals surface area contributed by atoms with Crippen molar-refractivity contribution in [1.29, 1.82) is 0 Å². The first-order chi connectivity index (χ1) is 7.66. The largest absolute Gasteiger partial charge is 0.376 e. The van der Waals surface area contributed by atoms with E-state index in [1.165, 1.54) is 0 Å². The molecule has 16 heavy (non-hydrogen) atoms. The van der Waals surface area contributed by atoms with E-state index in [9.17, 15) is 0 Å². The maximum absolute atomic E-state index is 5.90.